The molecule has 27 heavy (non-hydrogen) atoms. The van der Waals surface area contributed by atoms with E-state index in [2.05, 4.69) is 25.4 Å². The number of amides is 1. The quantitative estimate of drug-likeness (QED) is 0.726. The number of H-pyrrole nitrogens is 1. The second kappa shape index (κ2) is 7.28. The standard InChI is InChI=1S/C19H25N5O3/c1-24-6-5-15-14(10-24)18(23-22-15)19(26)21-17(12-7-13(25)8-12)11-3-4-16(27-2)20-9-11/h3-4,9,12-13,17,25H,5-8,10H2,1-2H3,(H,21,26)(H,22,23)/t12?,13?,17-/m1/s1. The van der Waals surface area contributed by atoms with Crippen molar-refractivity contribution in [1.82, 2.24) is 25.4 Å². The summed E-state index contributed by atoms with van der Waals surface area (Å²) in [6.45, 7) is 1.67. The normalized spacial score (nSPS) is 23.2. The molecular formula is C19H25N5O3. The van der Waals surface area contributed by atoms with Crippen molar-refractivity contribution in [1.29, 1.82) is 0 Å². The Bertz CT molecular complexity index is 813. The highest BCUT2D eigenvalue weighted by Gasteiger charge is 2.37. The summed E-state index contributed by atoms with van der Waals surface area (Å²) in [6.07, 6.45) is 3.62. The second-order valence-electron chi connectivity index (χ2n) is 7.49. The van der Waals surface area contributed by atoms with Crippen LogP contribution in [0.2, 0.25) is 0 Å². The summed E-state index contributed by atoms with van der Waals surface area (Å²) in [5, 5.41) is 20.1. The number of likely N-dealkylation sites (N-methyl/N-ethyl adjacent to an activating group) is 1. The molecule has 1 saturated carbocycles. The van der Waals surface area contributed by atoms with Crippen LogP contribution in [0.3, 0.4) is 0 Å². The minimum absolute atomic E-state index is 0.177. The molecule has 144 valence electrons. The van der Waals surface area contributed by atoms with Crippen molar-refractivity contribution in [3.8, 4) is 5.88 Å². The van der Waals surface area contributed by atoms with Crippen molar-refractivity contribution in [3.05, 3.63) is 40.8 Å². The molecule has 8 nitrogen and oxygen atoms in total. The molecule has 1 fully saturated rings. The molecule has 3 N–H and O–H groups in total. The Morgan fingerprint density at radius 1 is 1.44 bits per heavy atom. The number of carbonyl (C=O) groups excluding carboxylic acids is 1. The molecule has 0 saturated heterocycles. The van der Waals surface area contributed by atoms with E-state index in [4.69, 9.17) is 4.74 Å². The van der Waals surface area contributed by atoms with Gasteiger partial charge in [-0.1, -0.05) is 6.07 Å². The molecule has 4 rings (SSSR count). The number of hydrogen-bond donors (Lipinski definition) is 3. The minimum Gasteiger partial charge on any atom is -0.481 e. The maximum absolute atomic E-state index is 13.0. The Kier molecular flexibility index (Phi) is 4.84. The SMILES string of the molecule is COc1ccc([C@@H](NC(=O)c2n[nH]c3c2CN(C)CC3)C2CC(O)C2)cn1. The summed E-state index contributed by atoms with van der Waals surface area (Å²) < 4.78 is 5.12. The lowest BCUT2D eigenvalue weighted by molar-refractivity contribution is 0.0234. The average Bonchev–Trinajstić information content (AvgIpc) is 3.07. The number of carbonyl (C=O) groups is 1. The third-order valence-corrected chi connectivity index (χ3v) is 5.57. The number of aromatic nitrogens is 3. The summed E-state index contributed by atoms with van der Waals surface area (Å²) in [5.74, 6) is 0.517. The number of methoxy groups -OCH3 is 1. The molecule has 2 aromatic heterocycles. The number of aromatic amines is 1. The van der Waals surface area contributed by atoms with Crippen LogP contribution in [0.15, 0.2) is 18.3 Å². The van der Waals surface area contributed by atoms with E-state index in [0.717, 1.165) is 29.8 Å². The van der Waals surface area contributed by atoms with Gasteiger partial charge in [-0.25, -0.2) is 4.98 Å². The van der Waals surface area contributed by atoms with E-state index < -0.39 is 0 Å². The van der Waals surface area contributed by atoms with Crippen LogP contribution in [-0.4, -0.2) is 57.9 Å². The highest BCUT2D eigenvalue weighted by atomic mass is 16.5. The molecule has 0 unspecified atom stereocenters. The number of aliphatic hydroxyl groups excluding tert-OH is 1. The van der Waals surface area contributed by atoms with Crippen LogP contribution in [-0.2, 0) is 13.0 Å². The third-order valence-electron chi connectivity index (χ3n) is 5.57. The number of pyridine rings is 1. The Labute approximate surface area is 157 Å². The summed E-state index contributed by atoms with van der Waals surface area (Å²) in [7, 11) is 3.61. The largest absolute Gasteiger partial charge is 0.481 e. The number of aliphatic hydroxyl groups is 1. The van der Waals surface area contributed by atoms with Crippen molar-refractivity contribution in [2.24, 2.45) is 5.92 Å². The van der Waals surface area contributed by atoms with Crippen LogP contribution in [0.4, 0.5) is 0 Å². The number of fused-ring (bicyclic) bond motifs is 1. The number of nitrogens with one attached hydrogen (secondary N) is 2. The maximum Gasteiger partial charge on any atom is 0.272 e. The van der Waals surface area contributed by atoms with Gasteiger partial charge in [-0.2, -0.15) is 5.10 Å². The van der Waals surface area contributed by atoms with E-state index in [-0.39, 0.29) is 24.0 Å². The fourth-order valence-electron chi connectivity index (χ4n) is 3.90. The molecule has 0 radical (unpaired) electrons. The van der Waals surface area contributed by atoms with Gasteiger partial charge >= 0.3 is 0 Å². The number of rotatable bonds is 5. The Hall–Kier alpha value is -2.45. The summed E-state index contributed by atoms with van der Waals surface area (Å²) in [6, 6.07) is 3.48. The molecule has 1 atom stereocenters. The maximum atomic E-state index is 13.0. The fraction of sp³-hybridized carbons (Fsp3) is 0.526. The first-order chi connectivity index (χ1) is 13.0. The molecular weight excluding hydrogens is 346 g/mol. The van der Waals surface area contributed by atoms with Gasteiger partial charge < -0.3 is 20.1 Å². The van der Waals surface area contributed by atoms with Crippen LogP contribution in [0.5, 0.6) is 5.88 Å². The van der Waals surface area contributed by atoms with Crippen LogP contribution in [0, 0.1) is 5.92 Å². The van der Waals surface area contributed by atoms with Gasteiger partial charge in [-0.15, -0.1) is 0 Å². The van der Waals surface area contributed by atoms with E-state index in [0.29, 0.717) is 31.0 Å². The number of hydrogen-bond acceptors (Lipinski definition) is 6. The van der Waals surface area contributed by atoms with Crippen molar-refractivity contribution in [2.45, 2.75) is 38.0 Å². The van der Waals surface area contributed by atoms with Crippen molar-refractivity contribution < 1.29 is 14.6 Å². The monoisotopic (exact) mass is 371 g/mol. The Morgan fingerprint density at radius 3 is 2.93 bits per heavy atom. The zero-order valence-electron chi connectivity index (χ0n) is 15.6. The van der Waals surface area contributed by atoms with Gasteiger partial charge in [-0.3, -0.25) is 9.89 Å². The first kappa shape index (κ1) is 17.9. The first-order valence-corrected chi connectivity index (χ1v) is 9.28. The molecule has 2 aromatic rings. The predicted octanol–water partition coefficient (Wildman–Crippen LogP) is 1.04. The lowest BCUT2D eigenvalue weighted by Crippen LogP contribution is -2.42. The van der Waals surface area contributed by atoms with Crippen molar-refractivity contribution in [3.63, 3.8) is 0 Å². The minimum atomic E-state index is -0.299. The molecule has 0 aromatic carbocycles. The molecule has 0 bridgehead atoms. The average molecular weight is 371 g/mol. The highest BCUT2D eigenvalue weighted by Crippen LogP contribution is 2.38. The van der Waals surface area contributed by atoms with Gasteiger partial charge in [0.25, 0.3) is 5.91 Å². The van der Waals surface area contributed by atoms with Gasteiger partial charge in [0.1, 0.15) is 0 Å². The third kappa shape index (κ3) is 3.54. The van der Waals surface area contributed by atoms with Crippen LogP contribution in [0.1, 0.15) is 46.2 Å². The molecule has 2 aliphatic rings. The van der Waals surface area contributed by atoms with Crippen LogP contribution < -0.4 is 10.1 Å². The molecule has 1 amide bonds. The van der Waals surface area contributed by atoms with Gasteiger partial charge in [0.2, 0.25) is 5.88 Å². The number of nitrogens with zero attached hydrogens (tertiary/aromatic N) is 3. The zero-order chi connectivity index (χ0) is 19.0. The summed E-state index contributed by atoms with van der Waals surface area (Å²) in [4.78, 5) is 19.4. The van der Waals surface area contributed by atoms with E-state index in [1.54, 1.807) is 19.4 Å². The lowest BCUT2D eigenvalue weighted by atomic mass is 9.75. The topological polar surface area (TPSA) is 103 Å². The Balaban J connectivity index is 1.56. The lowest BCUT2D eigenvalue weighted by Gasteiger charge is -2.38. The van der Waals surface area contributed by atoms with Crippen LogP contribution in [0.25, 0.3) is 0 Å². The number of ether oxygens (including phenoxy) is 1. The van der Waals surface area contributed by atoms with Crippen LogP contribution >= 0.6 is 0 Å². The van der Waals surface area contributed by atoms with E-state index >= 15 is 0 Å². The van der Waals surface area contributed by atoms with Gasteiger partial charge in [-0.05, 0) is 31.4 Å². The molecule has 8 heteroatoms. The Morgan fingerprint density at radius 2 is 2.26 bits per heavy atom. The molecule has 0 spiro atoms. The predicted molar refractivity (Wildman–Crippen MR) is 98.4 cm³/mol. The van der Waals surface area contributed by atoms with E-state index in [9.17, 15) is 9.90 Å². The highest BCUT2D eigenvalue weighted by molar-refractivity contribution is 5.94. The zero-order valence-corrected chi connectivity index (χ0v) is 15.6. The van der Waals surface area contributed by atoms with Crippen molar-refractivity contribution >= 4 is 5.91 Å². The van der Waals surface area contributed by atoms with E-state index in [1.807, 2.05) is 13.1 Å². The smallest absolute Gasteiger partial charge is 0.272 e. The van der Waals surface area contributed by atoms with Gasteiger partial charge in [0.05, 0.1) is 19.3 Å². The summed E-state index contributed by atoms with van der Waals surface area (Å²) >= 11 is 0. The van der Waals surface area contributed by atoms with Crippen molar-refractivity contribution in [2.75, 3.05) is 20.7 Å². The van der Waals surface area contributed by atoms with Gasteiger partial charge in [0.15, 0.2) is 5.69 Å². The fourth-order valence-corrected chi connectivity index (χ4v) is 3.90. The molecule has 1 aliphatic carbocycles. The first-order valence-electron chi connectivity index (χ1n) is 9.28. The molecule has 3 heterocycles. The van der Waals surface area contributed by atoms with Gasteiger partial charge in [0, 0.05) is 43.0 Å². The second-order valence-corrected chi connectivity index (χ2v) is 7.49. The summed E-state index contributed by atoms with van der Waals surface area (Å²) in [5.41, 5.74) is 3.38. The molecule has 1 aliphatic heterocycles. The van der Waals surface area contributed by atoms with E-state index in [1.165, 1.54) is 0 Å².